The van der Waals surface area contributed by atoms with Crippen molar-refractivity contribution in [2.45, 2.75) is 19.4 Å². The summed E-state index contributed by atoms with van der Waals surface area (Å²) in [5, 5.41) is 10.5. The van der Waals surface area contributed by atoms with Gasteiger partial charge in [0.25, 0.3) is 5.69 Å². The van der Waals surface area contributed by atoms with Crippen molar-refractivity contribution in [3.63, 3.8) is 0 Å². The molecule has 1 aliphatic heterocycles. The predicted octanol–water partition coefficient (Wildman–Crippen LogP) is 2.33. The van der Waals surface area contributed by atoms with Gasteiger partial charge >= 0.3 is 6.09 Å². The van der Waals surface area contributed by atoms with Gasteiger partial charge in [-0.1, -0.05) is 6.92 Å². The lowest BCUT2D eigenvalue weighted by atomic mass is 10.2. The van der Waals surface area contributed by atoms with Gasteiger partial charge in [0.1, 0.15) is 6.61 Å². The number of nitrogens with zero attached hydrogens (tertiary/aromatic N) is 2. The molecule has 1 aliphatic rings. The zero-order chi connectivity index (χ0) is 12.4. The Hall–Kier alpha value is -2.11. The normalized spacial score (nSPS) is 19.2. The Labute approximate surface area is 97.9 Å². The van der Waals surface area contributed by atoms with Gasteiger partial charge in [-0.25, -0.2) is 4.79 Å². The molecule has 0 radical (unpaired) electrons. The second kappa shape index (κ2) is 4.40. The van der Waals surface area contributed by atoms with Crippen LogP contribution < -0.4 is 4.90 Å². The Morgan fingerprint density at radius 2 is 2.12 bits per heavy atom. The van der Waals surface area contributed by atoms with Crippen LogP contribution >= 0.6 is 0 Å². The smallest absolute Gasteiger partial charge is 0.414 e. The van der Waals surface area contributed by atoms with Gasteiger partial charge in [-0.05, 0) is 18.6 Å². The molecule has 6 nitrogen and oxygen atoms in total. The first kappa shape index (κ1) is 11.4. The highest BCUT2D eigenvalue weighted by Gasteiger charge is 2.32. The van der Waals surface area contributed by atoms with Gasteiger partial charge in [0.05, 0.1) is 11.0 Å². The predicted molar refractivity (Wildman–Crippen MR) is 61.0 cm³/mol. The van der Waals surface area contributed by atoms with E-state index in [4.69, 9.17) is 4.74 Å². The largest absolute Gasteiger partial charge is 0.447 e. The number of rotatable bonds is 3. The average molecular weight is 236 g/mol. The molecule has 0 N–H and O–H groups in total. The molecule has 0 spiro atoms. The molecule has 1 saturated heterocycles. The zero-order valence-corrected chi connectivity index (χ0v) is 9.33. The molecular formula is C11H12N2O4. The molecule has 1 fully saturated rings. The summed E-state index contributed by atoms with van der Waals surface area (Å²) in [4.78, 5) is 23.1. The standard InChI is InChI=1S/C11H12N2O4/c1-2-8-7-17-11(14)12(8)9-3-5-10(6-4-9)13(15)16/h3-6,8H,2,7H2,1H3/t8-/m1/s1. The molecule has 0 saturated carbocycles. The third-order valence-corrected chi connectivity index (χ3v) is 2.77. The summed E-state index contributed by atoms with van der Waals surface area (Å²) >= 11 is 0. The Bertz CT molecular complexity index is 443. The highest BCUT2D eigenvalue weighted by Crippen LogP contribution is 2.26. The van der Waals surface area contributed by atoms with E-state index in [1.807, 2.05) is 6.92 Å². The van der Waals surface area contributed by atoms with E-state index in [0.717, 1.165) is 6.42 Å². The van der Waals surface area contributed by atoms with Gasteiger partial charge in [-0.15, -0.1) is 0 Å². The second-order valence-electron chi connectivity index (χ2n) is 3.78. The summed E-state index contributed by atoms with van der Waals surface area (Å²) in [5.74, 6) is 0. The molecule has 90 valence electrons. The summed E-state index contributed by atoms with van der Waals surface area (Å²) in [6.45, 7) is 2.33. The van der Waals surface area contributed by atoms with Gasteiger partial charge in [-0.2, -0.15) is 0 Å². The molecule has 0 bridgehead atoms. The van der Waals surface area contributed by atoms with Gasteiger partial charge in [-0.3, -0.25) is 15.0 Å². The van der Waals surface area contributed by atoms with Crippen molar-refractivity contribution >= 4 is 17.5 Å². The van der Waals surface area contributed by atoms with Gasteiger partial charge in [0.2, 0.25) is 0 Å². The Balaban J connectivity index is 2.27. The number of carbonyl (C=O) groups is 1. The summed E-state index contributed by atoms with van der Waals surface area (Å²) in [7, 11) is 0. The van der Waals surface area contributed by atoms with Crippen LogP contribution in [0.3, 0.4) is 0 Å². The monoisotopic (exact) mass is 236 g/mol. The number of benzene rings is 1. The number of carbonyl (C=O) groups excluding carboxylic acids is 1. The third kappa shape index (κ3) is 2.06. The third-order valence-electron chi connectivity index (χ3n) is 2.77. The first-order chi connectivity index (χ1) is 8.13. The molecule has 0 aliphatic carbocycles. The maximum Gasteiger partial charge on any atom is 0.414 e. The van der Waals surface area contributed by atoms with Crippen LogP contribution in [0.15, 0.2) is 24.3 Å². The van der Waals surface area contributed by atoms with Crippen LogP contribution in [0, 0.1) is 10.1 Å². The molecule has 1 aromatic rings. The Morgan fingerprint density at radius 3 is 2.65 bits per heavy atom. The van der Waals surface area contributed by atoms with E-state index in [9.17, 15) is 14.9 Å². The fourth-order valence-corrected chi connectivity index (χ4v) is 1.81. The van der Waals surface area contributed by atoms with Gasteiger partial charge < -0.3 is 4.74 Å². The molecule has 0 aromatic heterocycles. The number of hydrogen-bond donors (Lipinski definition) is 0. The maximum atomic E-state index is 11.5. The quantitative estimate of drug-likeness (QED) is 0.596. The minimum Gasteiger partial charge on any atom is -0.447 e. The van der Waals surface area contributed by atoms with Crippen molar-refractivity contribution < 1.29 is 14.5 Å². The number of nitro groups is 1. The SMILES string of the molecule is CC[C@@H]1COC(=O)N1c1ccc([N+](=O)[O-])cc1. The Morgan fingerprint density at radius 1 is 1.47 bits per heavy atom. The minimum absolute atomic E-state index is 0.00366. The molecule has 1 aromatic carbocycles. The number of amides is 1. The Kier molecular flexibility index (Phi) is 2.95. The van der Waals surface area contributed by atoms with Crippen LogP contribution in [-0.4, -0.2) is 23.7 Å². The topological polar surface area (TPSA) is 72.7 Å². The van der Waals surface area contributed by atoms with Crippen molar-refractivity contribution in [1.82, 2.24) is 0 Å². The number of non-ortho nitro benzene ring substituents is 1. The molecule has 6 heteroatoms. The van der Waals surface area contributed by atoms with Crippen LogP contribution in [0.2, 0.25) is 0 Å². The van der Waals surface area contributed by atoms with E-state index >= 15 is 0 Å². The number of ether oxygens (including phenoxy) is 1. The van der Waals surface area contributed by atoms with Crippen LogP contribution in [0.25, 0.3) is 0 Å². The first-order valence-corrected chi connectivity index (χ1v) is 5.34. The van der Waals surface area contributed by atoms with Crippen LogP contribution in [-0.2, 0) is 4.74 Å². The van der Waals surface area contributed by atoms with E-state index < -0.39 is 11.0 Å². The lowest BCUT2D eigenvalue weighted by Crippen LogP contribution is -2.32. The lowest BCUT2D eigenvalue weighted by molar-refractivity contribution is -0.384. The number of cyclic esters (lactones) is 1. The molecule has 17 heavy (non-hydrogen) atoms. The summed E-state index contributed by atoms with van der Waals surface area (Å²) in [5.41, 5.74) is 0.638. The molecule has 0 unspecified atom stereocenters. The molecule has 1 heterocycles. The first-order valence-electron chi connectivity index (χ1n) is 5.34. The second-order valence-corrected chi connectivity index (χ2v) is 3.78. The maximum absolute atomic E-state index is 11.5. The molecule has 1 amide bonds. The van der Waals surface area contributed by atoms with Crippen LogP contribution in [0.5, 0.6) is 0 Å². The lowest BCUT2D eigenvalue weighted by Gasteiger charge is -2.19. The number of nitro benzene ring substituents is 1. The minimum atomic E-state index is -0.469. The highest BCUT2D eigenvalue weighted by molar-refractivity contribution is 5.90. The van der Waals surface area contributed by atoms with Gasteiger partial charge in [0, 0.05) is 17.8 Å². The van der Waals surface area contributed by atoms with E-state index in [1.165, 1.54) is 17.0 Å². The average Bonchev–Trinajstić information content (AvgIpc) is 2.70. The molecular weight excluding hydrogens is 224 g/mol. The summed E-state index contributed by atoms with van der Waals surface area (Å²) < 4.78 is 4.95. The van der Waals surface area contributed by atoms with Crippen molar-refractivity contribution in [1.29, 1.82) is 0 Å². The summed E-state index contributed by atoms with van der Waals surface area (Å²) in [6, 6.07) is 5.89. The van der Waals surface area contributed by atoms with E-state index in [2.05, 4.69) is 0 Å². The van der Waals surface area contributed by atoms with E-state index in [0.29, 0.717) is 12.3 Å². The number of anilines is 1. The van der Waals surface area contributed by atoms with Crippen molar-refractivity contribution in [2.24, 2.45) is 0 Å². The van der Waals surface area contributed by atoms with Crippen molar-refractivity contribution in [3.05, 3.63) is 34.4 Å². The highest BCUT2D eigenvalue weighted by atomic mass is 16.6. The number of hydrogen-bond acceptors (Lipinski definition) is 4. The zero-order valence-electron chi connectivity index (χ0n) is 9.33. The fourth-order valence-electron chi connectivity index (χ4n) is 1.81. The van der Waals surface area contributed by atoms with E-state index in [-0.39, 0.29) is 11.7 Å². The van der Waals surface area contributed by atoms with Crippen molar-refractivity contribution in [3.8, 4) is 0 Å². The summed E-state index contributed by atoms with van der Waals surface area (Å²) in [6.07, 6.45) is 0.383. The van der Waals surface area contributed by atoms with Gasteiger partial charge in [0.15, 0.2) is 0 Å². The van der Waals surface area contributed by atoms with Crippen molar-refractivity contribution in [2.75, 3.05) is 11.5 Å². The van der Waals surface area contributed by atoms with Crippen LogP contribution in [0.1, 0.15) is 13.3 Å². The van der Waals surface area contributed by atoms with Crippen LogP contribution in [0.4, 0.5) is 16.2 Å². The molecule has 2 rings (SSSR count). The van der Waals surface area contributed by atoms with E-state index in [1.54, 1.807) is 12.1 Å². The fraction of sp³-hybridized carbons (Fsp3) is 0.364. The molecule has 1 atom stereocenters.